The highest BCUT2D eigenvalue weighted by atomic mass is 16.5. The number of hydrogen-bond acceptors (Lipinski definition) is 4. The summed E-state index contributed by atoms with van der Waals surface area (Å²) in [5.41, 5.74) is 3.23. The van der Waals surface area contributed by atoms with Crippen LogP contribution in [-0.2, 0) is 10.2 Å². The summed E-state index contributed by atoms with van der Waals surface area (Å²) in [7, 11) is 0. The maximum atomic E-state index is 13.1. The molecule has 2 aromatic rings. The second-order valence-corrected chi connectivity index (χ2v) is 9.44. The zero-order valence-electron chi connectivity index (χ0n) is 20.0. The Morgan fingerprint density at radius 2 is 1.78 bits per heavy atom. The minimum atomic E-state index is -0.0957. The van der Waals surface area contributed by atoms with E-state index in [2.05, 4.69) is 62.2 Å². The molecule has 1 heterocycles. The van der Waals surface area contributed by atoms with Gasteiger partial charge in [-0.05, 0) is 35.1 Å². The van der Waals surface area contributed by atoms with E-state index in [0.717, 1.165) is 39.1 Å². The van der Waals surface area contributed by atoms with E-state index >= 15 is 0 Å². The zero-order valence-corrected chi connectivity index (χ0v) is 20.0. The molecule has 1 amide bonds. The van der Waals surface area contributed by atoms with Gasteiger partial charge < -0.3 is 14.8 Å². The number of morpholine rings is 1. The van der Waals surface area contributed by atoms with Crippen molar-refractivity contribution in [3.8, 4) is 5.75 Å². The van der Waals surface area contributed by atoms with Gasteiger partial charge in [0.1, 0.15) is 5.75 Å². The van der Waals surface area contributed by atoms with Crippen LogP contribution in [0.1, 0.15) is 68.1 Å². The Kier molecular flexibility index (Phi) is 8.71. The van der Waals surface area contributed by atoms with E-state index < -0.39 is 0 Å². The molecule has 174 valence electrons. The molecule has 1 atom stereocenters. The molecule has 0 aromatic heterocycles. The van der Waals surface area contributed by atoms with Crippen molar-refractivity contribution in [1.29, 1.82) is 0 Å². The molecule has 1 aliphatic heterocycles. The van der Waals surface area contributed by atoms with Crippen molar-refractivity contribution in [2.45, 2.75) is 52.0 Å². The molecule has 0 spiro atoms. The second kappa shape index (κ2) is 11.5. The number of benzene rings is 2. The largest absolute Gasteiger partial charge is 0.493 e. The van der Waals surface area contributed by atoms with Crippen LogP contribution in [0.25, 0.3) is 0 Å². The molecule has 3 rings (SSSR count). The fourth-order valence-corrected chi connectivity index (χ4v) is 3.94. The van der Waals surface area contributed by atoms with Gasteiger partial charge in [-0.1, -0.05) is 70.5 Å². The van der Waals surface area contributed by atoms with Gasteiger partial charge in [0.2, 0.25) is 0 Å². The summed E-state index contributed by atoms with van der Waals surface area (Å²) in [6.45, 7) is 13.1. The smallest absolute Gasteiger partial charge is 0.255 e. The van der Waals surface area contributed by atoms with E-state index in [1.54, 1.807) is 0 Å². The molecule has 1 aliphatic rings. The van der Waals surface area contributed by atoms with E-state index in [1.807, 2.05) is 24.3 Å². The lowest BCUT2D eigenvalue weighted by Crippen LogP contribution is -2.43. The van der Waals surface area contributed by atoms with Crippen LogP contribution in [0, 0.1) is 0 Å². The van der Waals surface area contributed by atoms with Gasteiger partial charge >= 0.3 is 0 Å². The van der Waals surface area contributed by atoms with Gasteiger partial charge in [-0.25, -0.2) is 0 Å². The third kappa shape index (κ3) is 6.57. The van der Waals surface area contributed by atoms with E-state index in [9.17, 15) is 4.79 Å². The topological polar surface area (TPSA) is 50.8 Å². The number of unbranched alkanes of at least 4 members (excludes halogenated alkanes) is 1. The predicted octanol–water partition coefficient (Wildman–Crippen LogP) is 4.97. The average Bonchev–Trinajstić information content (AvgIpc) is 2.80. The van der Waals surface area contributed by atoms with Gasteiger partial charge in [0, 0.05) is 19.6 Å². The molecule has 1 saturated heterocycles. The van der Waals surface area contributed by atoms with Gasteiger partial charge in [0.15, 0.2) is 0 Å². The molecule has 32 heavy (non-hydrogen) atoms. The number of amides is 1. The number of rotatable bonds is 9. The first kappa shape index (κ1) is 24.3. The van der Waals surface area contributed by atoms with Crippen LogP contribution in [0.5, 0.6) is 5.75 Å². The maximum absolute atomic E-state index is 13.1. The number of carbonyl (C=O) groups excluding carboxylic acids is 1. The van der Waals surface area contributed by atoms with E-state index in [1.165, 1.54) is 11.1 Å². The number of para-hydroxylation sites is 1. The minimum absolute atomic E-state index is 0.0957. The Bertz CT molecular complexity index is 852. The number of carbonyl (C=O) groups is 1. The van der Waals surface area contributed by atoms with Gasteiger partial charge in [0.05, 0.1) is 31.4 Å². The highest BCUT2D eigenvalue weighted by Gasteiger charge is 2.24. The van der Waals surface area contributed by atoms with Crippen molar-refractivity contribution in [3.63, 3.8) is 0 Å². The molecular formula is C27H38N2O3. The molecule has 0 saturated carbocycles. The Morgan fingerprint density at radius 3 is 2.44 bits per heavy atom. The molecule has 1 fully saturated rings. The Morgan fingerprint density at radius 1 is 1.09 bits per heavy atom. The SMILES string of the molecule is CCCCOc1ccccc1C(=O)NCC(c1ccc(C(C)(C)C)cc1)N1CCOCC1. The number of nitrogens with one attached hydrogen (secondary N) is 1. The summed E-state index contributed by atoms with van der Waals surface area (Å²) in [6, 6.07) is 16.4. The monoisotopic (exact) mass is 438 g/mol. The molecule has 5 nitrogen and oxygen atoms in total. The number of hydrogen-bond donors (Lipinski definition) is 1. The maximum Gasteiger partial charge on any atom is 0.255 e. The van der Waals surface area contributed by atoms with Crippen molar-refractivity contribution >= 4 is 5.91 Å². The first-order chi connectivity index (χ1) is 15.4. The summed E-state index contributed by atoms with van der Waals surface area (Å²) in [6.07, 6.45) is 2.03. The van der Waals surface area contributed by atoms with Gasteiger partial charge in [-0.2, -0.15) is 0 Å². The molecule has 1 unspecified atom stereocenters. The van der Waals surface area contributed by atoms with Gasteiger partial charge in [-0.3, -0.25) is 9.69 Å². The molecule has 2 aromatic carbocycles. The Hall–Kier alpha value is -2.37. The van der Waals surface area contributed by atoms with Crippen molar-refractivity contribution in [2.24, 2.45) is 0 Å². The quantitative estimate of drug-likeness (QED) is 0.562. The summed E-state index contributed by atoms with van der Waals surface area (Å²) in [5.74, 6) is 0.553. The van der Waals surface area contributed by atoms with Crippen LogP contribution in [0.2, 0.25) is 0 Å². The van der Waals surface area contributed by atoms with Crippen molar-refractivity contribution in [2.75, 3.05) is 39.5 Å². The zero-order chi connectivity index (χ0) is 23.0. The second-order valence-electron chi connectivity index (χ2n) is 9.44. The highest BCUT2D eigenvalue weighted by molar-refractivity contribution is 5.96. The lowest BCUT2D eigenvalue weighted by molar-refractivity contribution is 0.0162. The molecule has 0 bridgehead atoms. The molecule has 5 heteroatoms. The Balaban J connectivity index is 1.74. The fraction of sp³-hybridized carbons (Fsp3) is 0.519. The van der Waals surface area contributed by atoms with E-state index in [0.29, 0.717) is 24.5 Å². The molecule has 0 radical (unpaired) electrons. The van der Waals surface area contributed by atoms with Crippen LogP contribution in [-0.4, -0.2) is 50.3 Å². The molecular weight excluding hydrogens is 400 g/mol. The van der Waals surface area contributed by atoms with E-state index in [-0.39, 0.29) is 17.4 Å². The summed E-state index contributed by atoms with van der Waals surface area (Å²) in [5, 5.41) is 3.17. The summed E-state index contributed by atoms with van der Waals surface area (Å²) < 4.78 is 11.4. The number of nitrogens with zero attached hydrogens (tertiary/aromatic N) is 1. The standard InChI is InChI=1S/C27H38N2O3/c1-5-6-17-32-25-10-8-7-9-23(25)26(30)28-20-24(29-15-18-31-19-16-29)21-11-13-22(14-12-21)27(2,3)4/h7-14,24H,5-6,15-20H2,1-4H3,(H,28,30). The lowest BCUT2D eigenvalue weighted by Gasteiger charge is -2.35. The van der Waals surface area contributed by atoms with Crippen LogP contribution < -0.4 is 10.1 Å². The third-order valence-electron chi connectivity index (χ3n) is 5.99. The van der Waals surface area contributed by atoms with Gasteiger partial charge in [0.25, 0.3) is 5.91 Å². The van der Waals surface area contributed by atoms with Crippen LogP contribution in [0.4, 0.5) is 0 Å². The van der Waals surface area contributed by atoms with Crippen molar-refractivity contribution in [1.82, 2.24) is 10.2 Å². The first-order valence-corrected chi connectivity index (χ1v) is 11.8. The first-order valence-electron chi connectivity index (χ1n) is 11.8. The Labute approximate surface area is 193 Å². The summed E-state index contributed by atoms with van der Waals surface area (Å²) >= 11 is 0. The summed E-state index contributed by atoms with van der Waals surface area (Å²) in [4.78, 5) is 15.5. The van der Waals surface area contributed by atoms with Crippen LogP contribution >= 0.6 is 0 Å². The van der Waals surface area contributed by atoms with Crippen molar-refractivity contribution < 1.29 is 14.3 Å². The minimum Gasteiger partial charge on any atom is -0.493 e. The molecule has 1 N–H and O–H groups in total. The predicted molar refractivity (Wildman–Crippen MR) is 129 cm³/mol. The highest BCUT2D eigenvalue weighted by Crippen LogP contribution is 2.27. The van der Waals surface area contributed by atoms with Crippen LogP contribution in [0.15, 0.2) is 48.5 Å². The van der Waals surface area contributed by atoms with E-state index in [4.69, 9.17) is 9.47 Å². The van der Waals surface area contributed by atoms with Gasteiger partial charge in [-0.15, -0.1) is 0 Å². The molecule has 0 aliphatic carbocycles. The average molecular weight is 439 g/mol. The van der Waals surface area contributed by atoms with Crippen LogP contribution in [0.3, 0.4) is 0 Å². The fourth-order valence-electron chi connectivity index (χ4n) is 3.94. The van der Waals surface area contributed by atoms with Crippen molar-refractivity contribution in [3.05, 3.63) is 65.2 Å². The lowest BCUT2D eigenvalue weighted by atomic mass is 9.86. The number of ether oxygens (including phenoxy) is 2. The third-order valence-corrected chi connectivity index (χ3v) is 5.99. The normalized spacial score (nSPS) is 15.9.